The number of aliphatic hydroxyl groups is 1. The summed E-state index contributed by atoms with van der Waals surface area (Å²) >= 11 is 0. The number of rotatable bonds is 5. The molecule has 35 heavy (non-hydrogen) atoms. The summed E-state index contributed by atoms with van der Waals surface area (Å²) < 4.78 is 0. The molecule has 2 unspecified atom stereocenters. The first-order valence-electron chi connectivity index (χ1n) is 13.4. The van der Waals surface area contributed by atoms with Crippen LogP contribution in [0.2, 0.25) is 0 Å². The normalized spacial score (nSPS) is 25.6. The van der Waals surface area contributed by atoms with Gasteiger partial charge in [0.05, 0.1) is 6.10 Å². The number of carbonyl (C=O) groups excluding carboxylic acids is 1. The van der Waals surface area contributed by atoms with E-state index in [1.807, 2.05) is 32.1 Å². The van der Waals surface area contributed by atoms with Gasteiger partial charge in [0.15, 0.2) is 5.78 Å². The Bertz CT molecular complexity index is 1070. The fourth-order valence-corrected chi connectivity index (χ4v) is 5.90. The van der Waals surface area contributed by atoms with Gasteiger partial charge in [0.2, 0.25) is 0 Å². The lowest BCUT2D eigenvalue weighted by atomic mass is 9.61. The maximum atomic E-state index is 13.7. The lowest BCUT2D eigenvalue weighted by Crippen LogP contribution is -2.34. The Morgan fingerprint density at radius 1 is 0.886 bits per heavy atom. The second kappa shape index (κ2) is 9.18. The zero-order valence-corrected chi connectivity index (χ0v) is 23.9. The van der Waals surface area contributed by atoms with Gasteiger partial charge in [-0.2, -0.15) is 0 Å². The number of aliphatic hydroxyl groups excluding tert-OH is 1. The molecule has 0 aliphatic heterocycles. The number of fused-ring (bicyclic) bond motifs is 1. The summed E-state index contributed by atoms with van der Waals surface area (Å²) in [6, 6.07) is 6.37. The Kier molecular flexibility index (Phi) is 7.25. The van der Waals surface area contributed by atoms with Crippen molar-refractivity contribution in [3.05, 3.63) is 70.3 Å². The monoisotopic (exact) mass is 476 g/mol. The van der Waals surface area contributed by atoms with Crippen molar-refractivity contribution in [2.24, 2.45) is 16.7 Å². The number of Topliss-reactive ketones (excluding diaryl/α,β-unsaturated/α-hetero) is 1. The van der Waals surface area contributed by atoms with Crippen LogP contribution >= 0.6 is 0 Å². The molecule has 192 valence electrons. The molecular weight excluding hydrogens is 428 g/mol. The first kappa shape index (κ1) is 27.7. The van der Waals surface area contributed by atoms with Crippen LogP contribution in [0.3, 0.4) is 0 Å². The number of hydrogen-bond donors (Lipinski definition) is 1. The molecule has 0 radical (unpaired) electrons. The van der Waals surface area contributed by atoms with Gasteiger partial charge in [-0.15, -0.1) is 0 Å². The third kappa shape index (κ3) is 5.15. The fraction of sp³-hybridized carbons (Fsp3) is 0.606. The van der Waals surface area contributed by atoms with Crippen LogP contribution in [0.5, 0.6) is 0 Å². The minimum absolute atomic E-state index is 0.0169. The number of ketones is 1. The highest BCUT2D eigenvalue weighted by Gasteiger charge is 2.40. The molecule has 2 heteroatoms. The van der Waals surface area contributed by atoms with E-state index < -0.39 is 12.0 Å². The van der Waals surface area contributed by atoms with Gasteiger partial charge in [-0.05, 0) is 88.2 Å². The van der Waals surface area contributed by atoms with Crippen LogP contribution in [0.15, 0.2) is 53.6 Å². The average molecular weight is 477 g/mol. The van der Waals surface area contributed by atoms with Crippen LogP contribution in [-0.4, -0.2) is 10.9 Å². The number of carbonyl (C=O) groups is 1. The molecule has 2 nitrogen and oxygen atoms in total. The topological polar surface area (TPSA) is 37.3 Å². The Morgan fingerprint density at radius 3 is 1.97 bits per heavy atom. The van der Waals surface area contributed by atoms with E-state index in [0.717, 1.165) is 42.4 Å². The molecule has 0 heterocycles. The summed E-state index contributed by atoms with van der Waals surface area (Å²) in [5.74, 6) is -0.555. The molecule has 0 amide bonds. The Morgan fingerprint density at radius 2 is 1.40 bits per heavy atom. The van der Waals surface area contributed by atoms with Gasteiger partial charge in [-0.25, -0.2) is 0 Å². The molecule has 3 rings (SSSR count). The zero-order valence-electron chi connectivity index (χ0n) is 23.9. The smallest absolute Gasteiger partial charge is 0.168 e. The maximum absolute atomic E-state index is 13.7. The van der Waals surface area contributed by atoms with Gasteiger partial charge in [0, 0.05) is 11.5 Å². The first-order valence-corrected chi connectivity index (χ1v) is 13.4. The van der Waals surface area contributed by atoms with Crippen molar-refractivity contribution >= 4 is 5.78 Å². The van der Waals surface area contributed by atoms with Crippen molar-refractivity contribution in [3.8, 4) is 0 Å². The van der Waals surface area contributed by atoms with Gasteiger partial charge < -0.3 is 5.11 Å². The SMILES string of the molecule is C=C1/C(=C\C(=C/C)C(=O)C(C)C(O)c2ccc3c(c2)C(C)(C)CCC3(C)C)C(C)(C)CCC1(C)C. The third-order valence-corrected chi connectivity index (χ3v) is 9.25. The molecule has 2 aliphatic carbocycles. The van der Waals surface area contributed by atoms with Crippen LogP contribution in [0.1, 0.15) is 118 Å². The summed E-state index contributed by atoms with van der Waals surface area (Å²) in [6.07, 6.45) is 7.52. The highest BCUT2D eigenvalue weighted by atomic mass is 16.3. The van der Waals surface area contributed by atoms with E-state index in [2.05, 4.69) is 74.1 Å². The van der Waals surface area contributed by atoms with Crippen molar-refractivity contribution in [1.29, 1.82) is 0 Å². The molecule has 1 saturated carbocycles. The largest absolute Gasteiger partial charge is 0.388 e. The highest BCUT2D eigenvalue weighted by molar-refractivity contribution is 6.00. The van der Waals surface area contributed by atoms with Gasteiger partial charge >= 0.3 is 0 Å². The average Bonchev–Trinajstić information content (AvgIpc) is 2.78. The summed E-state index contributed by atoms with van der Waals surface area (Å²) in [5, 5.41) is 11.4. The Hall–Kier alpha value is -1.93. The molecule has 0 aromatic heterocycles. The van der Waals surface area contributed by atoms with Crippen LogP contribution in [0.4, 0.5) is 0 Å². The number of benzene rings is 1. The van der Waals surface area contributed by atoms with E-state index in [0.29, 0.717) is 5.57 Å². The van der Waals surface area contributed by atoms with Crippen molar-refractivity contribution < 1.29 is 9.90 Å². The molecule has 2 aliphatic rings. The minimum atomic E-state index is -0.846. The van der Waals surface area contributed by atoms with Crippen molar-refractivity contribution in [3.63, 3.8) is 0 Å². The van der Waals surface area contributed by atoms with E-state index in [9.17, 15) is 9.90 Å². The number of hydrogen-bond acceptors (Lipinski definition) is 2. The van der Waals surface area contributed by atoms with Gasteiger partial charge in [0.1, 0.15) is 0 Å². The summed E-state index contributed by atoms with van der Waals surface area (Å²) in [6.45, 7) is 26.3. The van der Waals surface area contributed by atoms with Crippen LogP contribution < -0.4 is 0 Å². The number of allylic oxidation sites excluding steroid dienone is 5. The van der Waals surface area contributed by atoms with Crippen LogP contribution in [0.25, 0.3) is 0 Å². The first-order chi connectivity index (χ1) is 15.9. The summed E-state index contributed by atoms with van der Waals surface area (Å²) in [7, 11) is 0. The van der Waals surface area contributed by atoms with Crippen LogP contribution in [-0.2, 0) is 15.6 Å². The van der Waals surface area contributed by atoms with Gasteiger partial charge in [-0.1, -0.05) is 93.2 Å². The Labute approximate surface area is 214 Å². The van der Waals surface area contributed by atoms with Crippen molar-refractivity contribution in [2.45, 2.75) is 112 Å². The Balaban J connectivity index is 1.93. The lowest BCUT2D eigenvalue weighted by Gasteiger charge is -2.44. The molecule has 0 bridgehead atoms. The molecule has 1 fully saturated rings. The summed E-state index contributed by atoms with van der Waals surface area (Å²) in [5.41, 5.74) is 6.64. The van der Waals surface area contributed by atoms with Crippen LogP contribution in [0, 0.1) is 16.7 Å². The molecule has 1 aromatic rings. The predicted octanol–water partition coefficient (Wildman–Crippen LogP) is 8.55. The maximum Gasteiger partial charge on any atom is 0.168 e. The van der Waals surface area contributed by atoms with E-state index in [4.69, 9.17) is 0 Å². The second-order valence-corrected chi connectivity index (χ2v) is 13.7. The molecule has 1 N–H and O–H groups in total. The molecule has 0 spiro atoms. The molecule has 2 atom stereocenters. The van der Waals surface area contributed by atoms with Crippen molar-refractivity contribution in [1.82, 2.24) is 0 Å². The summed E-state index contributed by atoms with van der Waals surface area (Å²) in [4.78, 5) is 13.7. The van der Waals surface area contributed by atoms with E-state index in [1.54, 1.807) is 0 Å². The zero-order chi connectivity index (χ0) is 26.6. The van der Waals surface area contributed by atoms with E-state index >= 15 is 0 Å². The standard InChI is InChI=1S/C33H48O2/c1-12-23(19-26-22(3)30(4,5)15-16-32(26,8)9)28(34)21(2)29(35)24-13-14-25-27(20-24)33(10,11)18-17-31(25,6)7/h12-14,19-21,29,35H,3,15-18H2,1-2,4-11H3/b23-12+,26-19+. The van der Waals surface area contributed by atoms with Gasteiger partial charge in [0.25, 0.3) is 0 Å². The highest BCUT2D eigenvalue weighted by Crippen LogP contribution is 2.51. The predicted molar refractivity (Wildman–Crippen MR) is 149 cm³/mol. The third-order valence-electron chi connectivity index (χ3n) is 9.25. The van der Waals surface area contributed by atoms with E-state index in [1.165, 1.54) is 11.1 Å². The quantitative estimate of drug-likeness (QED) is 0.432. The molecule has 1 aromatic carbocycles. The van der Waals surface area contributed by atoms with E-state index in [-0.39, 0.29) is 27.4 Å². The van der Waals surface area contributed by atoms with Gasteiger partial charge in [-0.3, -0.25) is 4.79 Å². The minimum Gasteiger partial charge on any atom is -0.388 e. The molecular formula is C33H48O2. The fourth-order valence-electron chi connectivity index (χ4n) is 5.90. The second-order valence-electron chi connectivity index (χ2n) is 13.7. The molecule has 0 saturated heterocycles. The van der Waals surface area contributed by atoms with Crippen molar-refractivity contribution in [2.75, 3.05) is 0 Å². The lowest BCUT2D eigenvalue weighted by molar-refractivity contribution is -0.121.